The first-order valence-electron chi connectivity index (χ1n) is 31.9. The van der Waals surface area contributed by atoms with Gasteiger partial charge in [-0.15, -0.1) is 0 Å². The highest BCUT2D eigenvalue weighted by Gasteiger charge is 2.68. The fraction of sp³-hybridized carbons (Fsp3) is 0.500. The van der Waals surface area contributed by atoms with Crippen molar-refractivity contribution in [1.29, 1.82) is 0 Å². The monoisotopic (exact) mass is 1190 g/mol. The van der Waals surface area contributed by atoms with E-state index in [-0.39, 0.29) is 57.6 Å². The van der Waals surface area contributed by atoms with Gasteiger partial charge in [-0.25, -0.2) is 0 Å². The number of aliphatic hydroxyl groups is 2. The van der Waals surface area contributed by atoms with Crippen LogP contribution in [-0.4, -0.2) is 184 Å². The van der Waals surface area contributed by atoms with E-state index in [0.717, 1.165) is 112 Å². The molecule has 0 amide bonds. The van der Waals surface area contributed by atoms with Gasteiger partial charge in [0.25, 0.3) is 0 Å². The number of likely N-dealkylation sites (tertiary alicyclic amines) is 4. The van der Waals surface area contributed by atoms with Gasteiger partial charge in [-0.1, -0.05) is 60.7 Å². The van der Waals surface area contributed by atoms with Crippen LogP contribution in [0.3, 0.4) is 0 Å². The lowest BCUT2D eigenvalue weighted by Crippen LogP contribution is -2.64. The molecule has 16 nitrogen and oxygen atoms in total. The Morgan fingerprint density at radius 1 is 0.432 bits per heavy atom. The second kappa shape index (κ2) is 19.3. The van der Waals surface area contributed by atoms with E-state index in [0.29, 0.717) is 47.5 Å². The molecule has 0 saturated carbocycles. The predicted molar refractivity (Wildman–Crippen MR) is 329 cm³/mol. The zero-order valence-corrected chi connectivity index (χ0v) is 51.5. The smallest absolute Gasteiger partial charge is 0.169 e. The van der Waals surface area contributed by atoms with Gasteiger partial charge < -0.3 is 68.1 Å². The molecule has 4 N–H and O–H groups in total. The summed E-state index contributed by atoms with van der Waals surface area (Å²) in [6.45, 7) is 4.18. The van der Waals surface area contributed by atoms with E-state index in [9.17, 15) is 20.4 Å². The van der Waals surface area contributed by atoms with Crippen LogP contribution < -0.4 is 28.4 Å². The summed E-state index contributed by atoms with van der Waals surface area (Å²) < 4.78 is 47.5. The number of hydrogen-bond donors (Lipinski definition) is 4. The largest absolute Gasteiger partial charge is 0.504 e. The van der Waals surface area contributed by atoms with Crippen LogP contribution in [0.5, 0.6) is 46.0 Å². The highest BCUT2D eigenvalue weighted by molar-refractivity contribution is 5.70. The molecule has 8 heterocycles. The Labute approximate surface area is 514 Å². The van der Waals surface area contributed by atoms with Gasteiger partial charge in [-0.3, -0.25) is 9.80 Å². The molecular formula is C72H80N4O12. The van der Waals surface area contributed by atoms with E-state index < -0.39 is 12.2 Å². The first-order valence-corrected chi connectivity index (χ1v) is 31.9. The minimum atomic E-state index is -0.594. The van der Waals surface area contributed by atoms with Crippen molar-refractivity contribution < 1.29 is 58.3 Å². The van der Waals surface area contributed by atoms with Crippen LogP contribution >= 0.6 is 0 Å². The summed E-state index contributed by atoms with van der Waals surface area (Å²) in [6, 6.07) is 17.9. The number of phenolic OH excluding ortho intramolecular Hbond substituents is 2. The number of nitrogens with zero attached hydrogens (tertiary/aromatic N) is 4. The van der Waals surface area contributed by atoms with Gasteiger partial charge in [0, 0.05) is 69.1 Å². The van der Waals surface area contributed by atoms with Crippen molar-refractivity contribution in [2.45, 2.75) is 134 Å². The normalized spacial score (nSPS) is 37.8. The van der Waals surface area contributed by atoms with E-state index in [1.54, 1.807) is 40.6 Å². The maximum absolute atomic E-state index is 10.6. The van der Waals surface area contributed by atoms with Gasteiger partial charge in [0.1, 0.15) is 35.9 Å². The number of phenols is 2. The Morgan fingerprint density at radius 3 is 1.31 bits per heavy atom. The van der Waals surface area contributed by atoms with E-state index >= 15 is 0 Å². The fourth-order valence-corrected chi connectivity index (χ4v) is 20.7. The summed E-state index contributed by atoms with van der Waals surface area (Å²) >= 11 is 0. The number of ether oxygens (including phenoxy) is 8. The van der Waals surface area contributed by atoms with Crippen LogP contribution in [0.25, 0.3) is 0 Å². The molecular weight excluding hydrogens is 1110 g/mol. The molecule has 0 aromatic heterocycles. The number of piperidine rings is 4. The molecule has 4 saturated heterocycles. The Kier molecular flexibility index (Phi) is 12.1. The molecule has 16 aliphatic rings. The van der Waals surface area contributed by atoms with Gasteiger partial charge >= 0.3 is 0 Å². The quantitative estimate of drug-likeness (QED) is 0.151. The number of allylic oxidation sites excluding steroid dienone is 4. The van der Waals surface area contributed by atoms with Crippen molar-refractivity contribution in [2.75, 3.05) is 82.8 Å². The number of aliphatic hydroxyl groups excluding tert-OH is 2. The molecule has 0 unspecified atom stereocenters. The van der Waals surface area contributed by atoms with Gasteiger partial charge in [-0.2, -0.15) is 0 Å². The molecule has 88 heavy (non-hydrogen) atoms. The van der Waals surface area contributed by atoms with Crippen molar-refractivity contribution in [1.82, 2.24) is 19.6 Å². The Morgan fingerprint density at radius 2 is 0.830 bits per heavy atom. The predicted octanol–water partition coefficient (Wildman–Crippen LogP) is 7.25. The topological polar surface area (TPSA) is 168 Å². The van der Waals surface area contributed by atoms with Crippen molar-refractivity contribution >= 4 is 0 Å². The molecule has 4 spiro atoms. The van der Waals surface area contributed by atoms with Gasteiger partial charge in [0.2, 0.25) is 0 Å². The van der Waals surface area contributed by atoms with Crippen LogP contribution in [0.1, 0.15) is 70.2 Å². The summed E-state index contributed by atoms with van der Waals surface area (Å²) in [5.41, 5.74) is 12.8. The number of rotatable bonds is 4. The lowest BCUT2D eigenvalue weighted by molar-refractivity contribution is -0.0453. The number of aromatic hydroxyl groups is 2. The molecule has 4 aromatic rings. The lowest BCUT2D eigenvalue weighted by atomic mass is 9.53. The molecule has 8 aliphatic carbocycles. The summed E-state index contributed by atoms with van der Waals surface area (Å²) in [7, 11) is 15.7. The Balaban J connectivity index is 0.0000000911. The Bertz CT molecular complexity index is 3850. The fourth-order valence-electron chi connectivity index (χ4n) is 20.7. The van der Waals surface area contributed by atoms with Crippen LogP contribution in [0.4, 0.5) is 0 Å². The third-order valence-electron chi connectivity index (χ3n) is 24.6. The van der Waals surface area contributed by atoms with Crippen molar-refractivity contribution in [3.05, 3.63) is 164 Å². The molecule has 4 aromatic carbocycles. The van der Waals surface area contributed by atoms with E-state index in [2.05, 4.69) is 96.4 Å². The summed E-state index contributed by atoms with van der Waals surface area (Å²) in [4.78, 5) is 9.82. The van der Waals surface area contributed by atoms with Gasteiger partial charge in [0.05, 0.1) is 39.3 Å². The Hall–Kier alpha value is -6.92. The summed E-state index contributed by atoms with van der Waals surface area (Å²) in [5, 5.41) is 41.5. The van der Waals surface area contributed by atoms with E-state index in [4.69, 9.17) is 37.9 Å². The third-order valence-corrected chi connectivity index (χ3v) is 24.6. The van der Waals surface area contributed by atoms with Crippen LogP contribution in [0, 0.1) is 11.8 Å². The SMILES string of the molecule is CN1CC[C@]23c4c5ccc(O)c4O[C@H]2[C@@H](O)C=C[C@H]3[C@H]1C5.COC1=CC=C2[C@H]3Cc4ccc(O)c5c4[C@@]2(CCN3C)[C@H]1O5.COC1=CC=C2[C@H]3Cc4ccc(OC)c5c4[C@@]2(CCN3C)[C@H]1O5.COc1ccc2c3c1O[C@H]1[C@@H](O)C=C[C@H]4[C@@H](C2)N(C)CC[C@@]341. The maximum atomic E-state index is 10.6. The highest BCUT2D eigenvalue weighted by Crippen LogP contribution is 2.67. The van der Waals surface area contributed by atoms with Gasteiger partial charge in [0.15, 0.2) is 58.2 Å². The summed E-state index contributed by atoms with van der Waals surface area (Å²) in [6.07, 6.45) is 23.2. The number of hydrogen-bond acceptors (Lipinski definition) is 16. The zero-order valence-electron chi connectivity index (χ0n) is 51.5. The average Bonchev–Trinajstić information content (AvgIpc) is 1.64. The van der Waals surface area contributed by atoms with Crippen molar-refractivity contribution in [2.24, 2.45) is 11.8 Å². The van der Waals surface area contributed by atoms with Crippen LogP contribution in [0.15, 0.2) is 120 Å². The number of methoxy groups -OCH3 is 4. The molecule has 4 fully saturated rings. The number of likely N-dealkylation sites (N-methyl/N-ethyl adjacent to an activating group) is 4. The average molecular weight is 1190 g/mol. The van der Waals surface area contributed by atoms with Gasteiger partial charge in [-0.05, 0) is 176 Å². The molecule has 16 heteroatoms. The minimum Gasteiger partial charge on any atom is -0.504 e. The number of benzene rings is 4. The molecule has 20 rings (SSSR count). The standard InChI is InChI=1S/C19H21NO3.C18H21NO3.C18H19NO3.C17H19NO3/c1-20-9-8-19-12-5-7-15(22-3)18(19)23-17-14(21-2)6-4-11(16(17)19)10-13(12)20;1-19-8-7-18-11-4-5-13(20)17(18)22-16-14(21-2)6-3-10(15(16)18)9-12(11)19;1-19-8-7-18-11-4-6-14(21-2)17(18)22-16-13(20)5-3-10(15(16)18)9-12(11)19;1-18-7-6-17-10-3-5-13(20)16(17)21-15-12(19)4-2-9(14(15)17)8-11(10)18/h4-7,13,18H,8-10H2,1-3H3;3-6,11-13,17,20H,7-9H2,1-2H3;3-6,12,17,20H,7-9H2,1-2H3;2-5,10-11,13,16,19-20H,6-8H2,1H3/t13-,18+,19+;11-,12+,13-,17-,18-;12-,17+,18+;10-,11+,13-,16-,17-/m1010/s1. The second-order valence-corrected chi connectivity index (χ2v) is 27.8. The maximum Gasteiger partial charge on any atom is 0.169 e. The molecule has 8 bridgehead atoms. The third kappa shape index (κ3) is 6.86. The first kappa shape index (κ1) is 55.2. The second-order valence-electron chi connectivity index (χ2n) is 27.8. The van der Waals surface area contributed by atoms with Crippen LogP contribution in [-0.2, 0) is 56.8 Å². The molecule has 16 atom stereocenters. The lowest BCUT2D eigenvalue weighted by Gasteiger charge is -2.56. The molecule has 460 valence electrons. The van der Waals surface area contributed by atoms with E-state index in [1.807, 2.05) is 36.4 Å². The zero-order chi connectivity index (χ0) is 60.2. The minimum absolute atomic E-state index is 0.0611. The molecule has 8 aliphatic heterocycles. The van der Waals surface area contributed by atoms with E-state index in [1.165, 1.54) is 55.7 Å². The van der Waals surface area contributed by atoms with Crippen molar-refractivity contribution in [3.8, 4) is 46.0 Å². The summed E-state index contributed by atoms with van der Waals surface area (Å²) in [5.74, 6) is 7.73. The molecule has 0 radical (unpaired) electrons. The van der Waals surface area contributed by atoms with Crippen molar-refractivity contribution in [3.63, 3.8) is 0 Å². The van der Waals surface area contributed by atoms with Crippen LogP contribution in [0.2, 0.25) is 0 Å². The highest BCUT2D eigenvalue weighted by atomic mass is 16.6. The first-order chi connectivity index (χ1) is 42.7.